The number of nitrogens with zero attached hydrogens (tertiary/aromatic N) is 2. The van der Waals surface area contributed by atoms with E-state index >= 15 is 0 Å². The van der Waals surface area contributed by atoms with Crippen molar-refractivity contribution >= 4 is 45.7 Å². The number of alkyl halides is 3. The molecule has 148 valence electrons. The fourth-order valence-corrected chi connectivity index (χ4v) is 4.83. The number of fused-ring (bicyclic) bond motifs is 1. The Kier molecular flexibility index (Phi) is 5.32. The lowest BCUT2D eigenvalue weighted by Gasteiger charge is -2.08. The Morgan fingerprint density at radius 2 is 1.90 bits per heavy atom. The fourth-order valence-electron chi connectivity index (χ4n) is 2.76. The Labute approximate surface area is 176 Å². The van der Waals surface area contributed by atoms with E-state index in [9.17, 15) is 18.0 Å². The summed E-state index contributed by atoms with van der Waals surface area (Å²) in [7, 11) is 0. The number of para-hydroxylation sites is 1. The van der Waals surface area contributed by atoms with E-state index in [1.54, 1.807) is 10.6 Å². The van der Waals surface area contributed by atoms with E-state index in [1.807, 2.05) is 30.3 Å². The summed E-state index contributed by atoms with van der Waals surface area (Å²) in [5.74, 6) is 0.231. The number of halogens is 3. The Bertz CT molecular complexity index is 1290. The van der Waals surface area contributed by atoms with Crippen molar-refractivity contribution in [3.05, 3.63) is 80.0 Å². The van der Waals surface area contributed by atoms with E-state index in [2.05, 4.69) is 9.97 Å². The highest BCUT2D eigenvalue weighted by Gasteiger charge is 2.30. The molecule has 0 atom stereocenters. The minimum atomic E-state index is -4.40. The first-order valence-corrected chi connectivity index (χ1v) is 10.5. The molecule has 0 aliphatic rings. The van der Waals surface area contributed by atoms with Gasteiger partial charge in [-0.25, -0.2) is 4.98 Å². The number of benzene rings is 2. The molecule has 0 bridgehead atoms. The van der Waals surface area contributed by atoms with E-state index in [-0.39, 0.29) is 11.3 Å². The van der Waals surface area contributed by atoms with Gasteiger partial charge in [-0.1, -0.05) is 59.5 Å². The summed E-state index contributed by atoms with van der Waals surface area (Å²) in [5.41, 5.74) is 0.672. The number of aromatic amines is 1. The van der Waals surface area contributed by atoms with E-state index in [4.69, 9.17) is 12.2 Å². The molecule has 0 saturated carbocycles. The van der Waals surface area contributed by atoms with Gasteiger partial charge in [-0.2, -0.15) is 13.2 Å². The largest absolute Gasteiger partial charge is 0.416 e. The summed E-state index contributed by atoms with van der Waals surface area (Å²) in [6.07, 6.45) is -4.40. The number of aromatic nitrogens is 3. The second-order valence-electron chi connectivity index (χ2n) is 6.05. The Balaban J connectivity index is 1.69. The molecule has 0 fully saturated rings. The molecule has 0 spiro atoms. The third-order valence-electron chi connectivity index (χ3n) is 4.07. The normalized spacial score (nSPS) is 11.8. The van der Waals surface area contributed by atoms with Crippen LogP contribution in [0.15, 0.2) is 64.5 Å². The van der Waals surface area contributed by atoms with Crippen molar-refractivity contribution in [3.8, 4) is 5.69 Å². The van der Waals surface area contributed by atoms with Crippen LogP contribution in [0.3, 0.4) is 0 Å². The van der Waals surface area contributed by atoms with Gasteiger partial charge in [-0.3, -0.25) is 9.36 Å². The summed E-state index contributed by atoms with van der Waals surface area (Å²) in [6, 6.07) is 14.4. The highest BCUT2D eigenvalue weighted by atomic mass is 32.2. The van der Waals surface area contributed by atoms with Crippen LogP contribution in [0.4, 0.5) is 13.2 Å². The van der Waals surface area contributed by atoms with Gasteiger partial charge in [0.25, 0.3) is 5.56 Å². The lowest BCUT2D eigenvalue weighted by Crippen LogP contribution is -2.09. The van der Waals surface area contributed by atoms with Gasteiger partial charge < -0.3 is 4.98 Å². The molecule has 29 heavy (non-hydrogen) atoms. The van der Waals surface area contributed by atoms with Crippen molar-refractivity contribution in [1.82, 2.24) is 14.5 Å². The van der Waals surface area contributed by atoms with Gasteiger partial charge in [-0.05, 0) is 36.0 Å². The average Bonchev–Trinajstić information content (AvgIpc) is 3.03. The van der Waals surface area contributed by atoms with Gasteiger partial charge in [0.2, 0.25) is 0 Å². The molecule has 10 heteroatoms. The standard InChI is InChI=1S/C19H12F3N3OS3/c20-19(21,22)12-6-4-5-11(9-12)10-28-17-23-15-14(16(26)24-17)29-18(27)25(15)13-7-2-1-3-8-13/h1-9H,10H2,(H,23,24,26). The molecule has 2 aromatic heterocycles. The van der Waals surface area contributed by atoms with Crippen LogP contribution < -0.4 is 5.56 Å². The highest BCUT2D eigenvalue weighted by molar-refractivity contribution is 7.98. The van der Waals surface area contributed by atoms with Gasteiger partial charge >= 0.3 is 6.18 Å². The molecule has 0 saturated heterocycles. The highest BCUT2D eigenvalue weighted by Crippen LogP contribution is 2.31. The summed E-state index contributed by atoms with van der Waals surface area (Å²) < 4.78 is 41.3. The number of hydrogen-bond acceptors (Lipinski definition) is 5. The minimum absolute atomic E-state index is 0.231. The first kappa shape index (κ1) is 19.9. The summed E-state index contributed by atoms with van der Waals surface area (Å²) in [4.78, 5) is 19.7. The summed E-state index contributed by atoms with van der Waals surface area (Å²) >= 11 is 7.73. The van der Waals surface area contributed by atoms with Crippen molar-refractivity contribution in [1.29, 1.82) is 0 Å². The van der Waals surface area contributed by atoms with Gasteiger partial charge in [0.1, 0.15) is 4.70 Å². The van der Waals surface area contributed by atoms with Crippen LogP contribution in [-0.2, 0) is 11.9 Å². The van der Waals surface area contributed by atoms with Crippen molar-refractivity contribution in [3.63, 3.8) is 0 Å². The molecular formula is C19H12F3N3OS3. The Hall–Kier alpha value is -2.43. The number of thioether (sulfide) groups is 1. The second kappa shape index (κ2) is 7.77. The zero-order valence-electron chi connectivity index (χ0n) is 14.6. The SMILES string of the molecule is O=c1[nH]c(SCc2cccc(C(F)(F)F)c2)nc2c1sc(=S)n2-c1ccccc1. The van der Waals surface area contributed by atoms with Gasteiger partial charge in [-0.15, -0.1) is 0 Å². The molecule has 2 aromatic carbocycles. The van der Waals surface area contributed by atoms with Crippen molar-refractivity contribution in [2.45, 2.75) is 17.1 Å². The third kappa shape index (κ3) is 4.14. The lowest BCUT2D eigenvalue weighted by molar-refractivity contribution is -0.137. The predicted octanol–water partition coefficient (Wildman–Crippen LogP) is 5.82. The molecule has 4 aromatic rings. The molecule has 0 radical (unpaired) electrons. The smallest absolute Gasteiger partial charge is 0.300 e. The van der Waals surface area contributed by atoms with Gasteiger partial charge in [0, 0.05) is 11.4 Å². The molecule has 4 nitrogen and oxygen atoms in total. The molecule has 0 amide bonds. The van der Waals surface area contributed by atoms with Crippen molar-refractivity contribution in [2.24, 2.45) is 0 Å². The number of rotatable bonds is 4. The van der Waals surface area contributed by atoms with Crippen LogP contribution in [0, 0.1) is 3.95 Å². The first-order chi connectivity index (χ1) is 13.8. The zero-order chi connectivity index (χ0) is 20.6. The van der Waals surface area contributed by atoms with Crippen LogP contribution in [0.25, 0.3) is 16.0 Å². The number of H-pyrrole nitrogens is 1. The predicted molar refractivity (Wildman–Crippen MR) is 111 cm³/mol. The van der Waals surface area contributed by atoms with Crippen molar-refractivity contribution < 1.29 is 13.2 Å². The minimum Gasteiger partial charge on any atom is -0.300 e. The van der Waals surface area contributed by atoms with E-state index in [0.717, 1.165) is 29.6 Å². The van der Waals surface area contributed by atoms with E-state index < -0.39 is 11.7 Å². The molecule has 1 N–H and O–H groups in total. The van der Waals surface area contributed by atoms with Gasteiger partial charge in [0.15, 0.2) is 14.8 Å². The zero-order valence-corrected chi connectivity index (χ0v) is 17.0. The van der Waals surface area contributed by atoms with Crippen LogP contribution >= 0.6 is 35.3 Å². The Morgan fingerprint density at radius 1 is 1.14 bits per heavy atom. The molecule has 0 unspecified atom stereocenters. The van der Waals surface area contributed by atoms with Crippen LogP contribution in [-0.4, -0.2) is 14.5 Å². The quantitative estimate of drug-likeness (QED) is 0.241. The van der Waals surface area contributed by atoms with Crippen LogP contribution in [0.2, 0.25) is 0 Å². The molecule has 2 heterocycles. The average molecular weight is 452 g/mol. The van der Waals surface area contributed by atoms with Crippen LogP contribution in [0.1, 0.15) is 11.1 Å². The fraction of sp³-hybridized carbons (Fsp3) is 0.105. The summed E-state index contributed by atoms with van der Waals surface area (Å²) in [6.45, 7) is 0. The van der Waals surface area contributed by atoms with E-state index in [1.165, 1.54) is 17.4 Å². The third-order valence-corrected chi connectivity index (χ3v) is 6.37. The number of nitrogens with one attached hydrogen (secondary N) is 1. The molecule has 4 rings (SSSR count). The maximum atomic E-state index is 12.9. The molecular weight excluding hydrogens is 439 g/mol. The topological polar surface area (TPSA) is 50.7 Å². The second-order valence-corrected chi connectivity index (χ2v) is 8.66. The molecule has 0 aliphatic carbocycles. The van der Waals surface area contributed by atoms with Gasteiger partial charge in [0.05, 0.1) is 5.56 Å². The molecule has 0 aliphatic heterocycles. The first-order valence-electron chi connectivity index (χ1n) is 8.33. The number of thiazole rings is 1. The van der Waals surface area contributed by atoms with Crippen molar-refractivity contribution in [2.75, 3.05) is 0 Å². The van der Waals surface area contributed by atoms with Crippen LogP contribution in [0.5, 0.6) is 0 Å². The Morgan fingerprint density at radius 3 is 2.62 bits per heavy atom. The monoisotopic (exact) mass is 451 g/mol. The number of hydrogen-bond donors (Lipinski definition) is 1. The maximum Gasteiger partial charge on any atom is 0.416 e. The van der Waals surface area contributed by atoms with E-state index in [0.29, 0.717) is 25.0 Å². The summed E-state index contributed by atoms with van der Waals surface area (Å²) in [5, 5.41) is 0.317. The lowest BCUT2D eigenvalue weighted by atomic mass is 10.1. The maximum absolute atomic E-state index is 12.9.